The minimum atomic E-state index is -1.22. The van der Waals surface area contributed by atoms with E-state index in [0.717, 1.165) is 0 Å². The molecule has 1 N–H and O–H groups in total. The Morgan fingerprint density at radius 2 is 1.94 bits per heavy atom. The first-order valence-corrected chi connectivity index (χ1v) is 5.59. The lowest BCUT2D eigenvalue weighted by molar-refractivity contribution is -0.125. The van der Waals surface area contributed by atoms with E-state index < -0.39 is 11.4 Å². The summed E-state index contributed by atoms with van der Waals surface area (Å²) in [6.45, 7) is 0. The molecule has 0 atom stereocenters. The van der Waals surface area contributed by atoms with Crippen LogP contribution in [0.5, 0.6) is 0 Å². The van der Waals surface area contributed by atoms with E-state index in [1.807, 2.05) is 0 Å². The van der Waals surface area contributed by atoms with Gasteiger partial charge in [0, 0.05) is 23.4 Å². The third kappa shape index (κ3) is 2.11. The van der Waals surface area contributed by atoms with E-state index in [9.17, 15) is 14.3 Å². The van der Waals surface area contributed by atoms with Crippen molar-refractivity contribution in [3.05, 3.63) is 34.6 Å². The van der Waals surface area contributed by atoms with E-state index in [1.165, 1.54) is 12.1 Å². The van der Waals surface area contributed by atoms with Crippen LogP contribution in [0.1, 0.15) is 31.2 Å². The molecule has 0 amide bonds. The number of carbonyl (C=O) groups is 1. The van der Waals surface area contributed by atoms with Gasteiger partial charge in [-0.1, -0.05) is 17.7 Å². The molecular formula is C12H12ClFO2. The Kier molecular flexibility index (Phi) is 3.00. The van der Waals surface area contributed by atoms with E-state index >= 15 is 0 Å². The lowest BCUT2D eigenvalue weighted by Crippen LogP contribution is -2.32. The van der Waals surface area contributed by atoms with Crippen LogP contribution in [0.15, 0.2) is 18.2 Å². The highest BCUT2D eigenvalue weighted by Gasteiger charge is 2.36. The zero-order valence-corrected chi connectivity index (χ0v) is 9.43. The van der Waals surface area contributed by atoms with Crippen LogP contribution in [0.25, 0.3) is 0 Å². The fourth-order valence-corrected chi connectivity index (χ4v) is 2.24. The quantitative estimate of drug-likeness (QED) is 0.822. The van der Waals surface area contributed by atoms with Crippen LogP contribution in [-0.4, -0.2) is 10.9 Å². The Balaban J connectivity index is 2.32. The van der Waals surface area contributed by atoms with Crippen molar-refractivity contribution in [1.82, 2.24) is 0 Å². The topological polar surface area (TPSA) is 37.3 Å². The predicted molar refractivity (Wildman–Crippen MR) is 58.8 cm³/mol. The molecule has 4 heteroatoms. The Hall–Kier alpha value is -0.930. The molecule has 0 aromatic heterocycles. The molecule has 2 rings (SSSR count). The minimum Gasteiger partial charge on any atom is -0.385 e. The van der Waals surface area contributed by atoms with Crippen LogP contribution < -0.4 is 0 Å². The van der Waals surface area contributed by atoms with Crippen molar-refractivity contribution in [3.8, 4) is 0 Å². The highest BCUT2D eigenvalue weighted by molar-refractivity contribution is 6.30. The van der Waals surface area contributed by atoms with Gasteiger partial charge >= 0.3 is 0 Å². The third-order valence-electron chi connectivity index (χ3n) is 3.07. The average Bonchev–Trinajstić information content (AvgIpc) is 2.22. The van der Waals surface area contributed by atoms with Gasteiger partial charge in [0.25, 0.3) is 0 Å². The van der Waals surface area contributed by atoms with Crippen LogP contribution in [0.4, 0.5) is 4.39 Å². The summed E-state index contributed by atoms with van der Waals surface area (Å²) in [6, 6.07) is 4.23. The number of benzene rings is 1. The summed E-state index contributed by atoms with van der Waals surface area (Å²) < 4.78 is 13.6. The van der Waals surface area contributed by atoms with E-state index in [-0.39, 0.29) is 24.2 Å². The summed E-state index contributed by atoms with van der Waals surface area (Å²) in [5, 5.41) is 10.6. The highest BCUT2D eigenvalue weighted by Crippen LogP contribution is 2.37. The lowest BCUT2D eigenvalue weighted by Gasteiger charge is -2.32. The zero-order valence-electron chi connectivity index (χ0n) is 8.67. The van der Waals surface area contributed by atoms with Gasteiger partial charge in [-0.05, 0) is 25.0 Å². The Bertz CT molecular complexity index is 421. The van der Waals surface area contributed by atoms with Gasteiger partial charge < -0.3 is 5.11 Å². The maximum Gasteiger partial charge on any atom is 0.133 e. The van der Waals surface area contributed by atoms with E-state index in [0.29, 0.717) is 17.9 Å². The third-order valence-corrected chi connectivity index (χ3v) is 3.30. The van der Waals surface area contributed by atoms with Gasteiger partial charge in [0.05, 0.1) is 5.60 Å². The Morgan fingerprint density at radius 1 is 1.31 bits per heavy atom. The van der Waals surface area contributed by atoms with Crippen LogP contribution in [0.3, 0.4) is 0 Å². The second-order valence-electron chi connectivity index (χ2n) is 4.19. The minimum absolute atomic E-state index is 0.124. The van der Waals surface area contributed by atoms with Gasteiger partial charge in [-0.2, -0.15) is 0 Å². The standard InChI is InChI=1S/C12H12ClFO2/c13-8-1-2-10(11(14)7-8)12(16)5-3-9(15)4-6-12/h1-2,7,16H,3-6H2. The molecule has 0 spiro atoms. The van der Waals surface area contributed by atoms with Gasteiger partial charge in [0.15, 0.2) is 0 Å². The fraction of sp³-hybridized carbons (Fsp3) is 0.417. The Labute approximate surface area is 98.0 Å². The molecule has 0 heterocycles. The number of aliphatic hydroxyl groups is 1. The lowest BCUT2D eigenvalue weighted by atomic mass is 9.79. The molecule has 86 valence electrons. The number of rotatable bonds is 1. The molecule has 0 aliphatic heterocycles. The summed E-state index contributed by atoms with van der Waals surface area (Å²) >= 11 is 5.65. The molecule has 0 unspecified atom stereocenters. The molecule has 1 fully saturated rings. The van der Waals surface area contributed by atoms with Crippen molar-refractivity contribution in [1.29, 1.82) is 0 Å². The van der Waals surface area contributed by atoms with Crippen LogP contribution in [-0.2, 0) is 10.4 Å². The van der Waals surface area contributed by atoms with Crippen molar-refractivity contribution < 1.29 is 14.3 Å². The second kappa shape index (κ2) is 4.15. The zero-order chi connectivity index (χ0) is 11.8. The first-order valence-electron chi connectivity index (χ1n) is 5.21. The molecular weight excluding hydrogens is 231 g/mol. The highest BCUT2D eigenvalue weighted by atomic mass is 35.5. The molecule has 1 aromatic carbocycles. The first-order chi connectivity index (χ1) is 7.51. The second-order valence-corrected chi connectivity index (χ2v) is 4.63. The van der Waals surface area contributed by atoms with E-state index in [2.05, 4.69) is 0 Å². The molecule has 1 saturated carbocycles. The molecule has 0 bridgehead atoms. The molecule has 2 nitrogen and oxygen atoms in total. The fourth-order valence-electron chi connectivity index (χ4n) is 2.08. The number of hydrogen-bond donors (Lipinski definition) is 1. The molecule has 1 aliphatic rings. The molecule has 0 radical (unpaired) electrons. The molecule has 1 aliphatic carbocycles. The summed E-state index contributed by atoms with van der Waals surface area (Å²) in [4.78, 5) is 11.1. The van der Waals surface area contributed by atoms with E-state index in [1.54, 1.807) is 6.07 Å². The molecule has 16 heavy (non-hydrogen) atoms. The molecule has 1 aromatic rings. The number of halogens is 2. The summed E-state index contributed by atoms with van der Waals surface area (Å²) in [6.07, 6.45) is 1.17. The monoisotopic (exact) mass is 242 g/mol. The first kappa shape index (κ1) is 11.6. The maximum absolute atomic E-state index is 13.6. The number of carbonyl (C=O) groups excluding carboxylic acids is 1. The van der Waals surface area contributed by atoms with Gasteiger partial charge in [-0.25, -0.2) is 4.39 Å². The summed E-state index contributed by atoms with van der Waals surface area (Å²) in [5.41, 5.74) is -0.979. The smallest absolute Gasteiger partial charge is 0.133 e. The van der Waals surface area contributed by atoms with Crippen molar-refractivity contribution in [2.24, 2.45) is 0 Å². The van der Waals surface area contributed by atoms with Crippen LogP contribution in [0, 0.1) is 5.82 Å². The molecule has 0 saturated heterocycles. The van der Waals surface area contributed by atoms with Gasteiger partial charge in [0.1, 0.15) is 11.6 Å². The van der Waals surface area contributed by atoms with E-state index in [4.69, 9.17) is 11.6 Å². The predicted octanol–water partition coefficient (Wildman–Crippen LogP) is 2.81. The number of hydrogen-bond acceptors (Lipinski definition) is 2. The van der Waals surface area contributed by atoms with Crippen molar-refractivity contribution >= 4 is 17.4 Å². The normalized spacial score (nSPS) is 19.8. The summed E-state index contributed by atoms with van der Waals surface area (Å²) in [5.74, 6) is -0.386. The Morgan fingerprint density at radius 3 is 2.50 bits per heavy atom. The SMILES string of the molecule is O=C1CCC(O)(c2ccc(Cl)cc2F)CC1. The van der Waals surface area contributed by atoms with Crippen LogP contribution in [0.2, 0.25) is 5.02 Å². The van der Waals surface area contributed by atoms with Gasteiger partial charge in [-0.3, -0.25) is 4.79 Å². The maximum atomic E-state index is 13.6. The van der Waals surface area contributed by atoms with Crippen molar-refractivity contribution in [2.45, 2.75) is 31.3 Å². The van der Waals surface area contributed by atoms with Crippen molar-refractivity contribution in [2.75, 3.05) is 0 Å². The largest absolute Gasteiger partial charge is 0.385 e. The average molecular weight is 243 g/mol. The van der Waals surface area contributed by atoms with Crippen LogP contribution >= 0.6 is 11.6 Å². The number of Topliss-reactive ketones (excluding diaryl/α,β-unsaturated/α-hetero) is 1. The van der Waals surface area contributed by atoms with Crippen molar-refractivity contribution in [3.63, 3.8) is 0 Å². The van der Waals surface area contributed by atoms with Gasteiger partial charge in [0.2, 0.25) is 0 Å². The number of ketones is 1. The van der Waals surface area contributed by atoms with Gasteiger partial charge in [-0.15, -0.1) is 0 Å². The summed E-state index contributed by atoms with van der Waals surface area (Å²) in [7, 11) is 0.